The van der Waals surface area contributed by atoms with Gasteiger partial charge >= 0.3 is 0 Å². The first-order valence-electron chi connectivity index (χ1n) is 9.24. The van der Waals surface area contributed by atoms with Crippen LogP contribution in [0.4, 0.5) is 11.4 Å². The summed E-state index contributed by atoms with van der Waals surface area (Å²) in [6, 6.07) is 15.8. The average Bonchev–Trinajstić information content (AvgIpc) is 2.73. The molecule has 0 atom stereocenters. The number of carbonyl (C=O) groups excluding carboxylic acids is 1. The molecule has 3 rings (SSSR count). The Morgan fingerprint density at radius 2 is 1.67 bits per heavy atom. The number of anilines is 2. The molecule has 0 bridgehead atoms. The second-order valence-electron chi connectivity index (χ2n) is 6.53. The lowest BCUT2D eigenvalue weighted by atomic mass is 10.2. The van der Waals surface area contributed by atoms with Crippen LogP contribution < -0.4 is 19.7 Å². The van der Waals surface area contributed by atoms with E-state index in [2.05, 4.69) is 39.4 Å². The van der Waals surface area contributed by atoms with E-state index in [9.17, 15) is 4.79 Å². The number of piperazine rings is 1. The molecule has 1 aliphatic heterocycles. The molecule has 6 heteroatoms. The van der Waals surface area contributed by atoms with Crippen molar-refractivity contribution in [3.63, 3.8) is 0 Å². The van der Waals surface area contributed by atoms with E-state index in [-0.39, 0.29) is 5.91 Å². The second-order valence-corrected chi connectivity index (χ2v) is 6.53. The van der Waals surface area contributed by atoms with Crippen LogP contribution in [0.1, 0.15) is 6.42 Å². The monoisotopic (exact) mass is 369 g/mol. The van der Waals surface area contributed by atoms with Crippen molar-refractivity contribution in [3.8, 4) is 11.5 Å². The fraction of sp³-hybridized carbons (Fsp3) is 0.381. The fourth-order valence-electron chi connectivity index (χ4n) is 3.27. The molecular weight excluding hydrogens is 342 g/mol. The Morgan fingerprint density at radius 1 is 0.963 bits per heavy atom. The summed E-state index contributed by atoms with van der Waals surface area (Å²) >= 11 is 0. The lowest BCUT2D eigenvalue weighted by Gasteiger charge is -2.36. The number of hydrogen-bond acceptors (Lipinski definition) is 5. The SMILES string of the molecule is COc1ccc(NC(=O)CCN2CCN(c3ccccc3)CC2)cc1OC. The maximum atomic E-state index is 12.3. The maximum Gasteiger partial charge on any atom is 0.225 e. The van der Waals surface area contributed by atoms with Crippen LogP contribution in [0.25, 0.3) is 0 Å². The summed E-state index contributed by atoms with van der Waals surface area (Å²) in [5.41, 5.74) is 1.98. The quantitative estimate of drug-likeness (QED) is 0.813. The molecule has 0 saturated carbocycles. The molecule has 6 nitrogen and oxygen atoms in total. The molecular formula is C21H27N3O3. The smallest absolute Gasteiger partial charge is 0.225 e. The lowest BCUT2D eigenvalue weighted by Crippen LogP contribution is -2.47. The summed E-state index contributed by atoms with van der Waals surface area (Å²) in [6.07, 6.45) is 0.472. The van der Waals surface area contributed by atoms with Gasteiger partial charge in [-0.05, 0) is 24.3 Å². The fourth-order valence-corrected chi connectivity index (χ4v) is 3.27. The summed E-state index contributed by atoms with van der Waals surface area (Å²) < 4.78 is 10.5. The van der Waals surface area contributed by atoms with Crippen molar-refractivity contribution < 1.29 is 14.3 Å². The Kier molecular flexibility index (Phi) is 6.54. The molecule has 2 aromatic rings. The number of ether oxygens (including phenoxy) is 2. The molecule has 1 saturated heterocycles. The molecule has 1 aliphatic rings. The van der Waals surface area contributed by atoms with Crippen LogP contribution in [0.15, 0.2) is 48.5 Å². The summed E-state index contributed by atoms with van der Waals surface area (Å²) in [6.45, 7) is 4.68. The Bertz CT molecular complexity index is 744. The van der Waals surface area contributed by atoms with E-state index in [1.165, 1.54) is 5.69 Å². The van der Waals surface area contributed by atoms with Crippen molar-refractivity contribution in [1.82, 2.24) is 4.90 Å². The van der Waals surface area contributed by atoms with E-state index in [1.807, 2.05) is 12.1 Å². The zero-order chi connectivity index (χ0) is 19.1. The average molecular weight is 369 g/mol. The van der Waals surface area contributed by atoms with Crippen molar-refractivity contribution in [2.75, 3.05) is 57.2 Å². The van der Waals surface area contributed by atoms with Gasteiger partial charge in [0.25, 0.3) is 0 Å². The molecule has 0 spiro atoms. The van der Waals surface area contributed by atoms with Crippen LogP contribution in [0.3, 0.4) is 0 Å². The number of methoxy groups -OCH3 is 2. The summed E-state index contributed by atoms with van der Waals surface area (Å²) in [4.78, 5) is 17.0. The number of nitrogens with zero attached hydrogens (tertiary/aromatic N) is 2. The minimum atomic E-state index is 0.00714. The number of carbonyl (C=O) groups is 1. The molecule has 0 aliphatic carbocycles. The second kappa shape index (κ2) is 9.28. The molecule has 0 unspecified atom stereocenters. The maximum absolute atomic E-state index is 12.3. The highest BCUT2D eigenvalue weighted by atomic mass is 16.5. The van der Waals surface area contributed by atoms with E-state index in [1.54, 1.807) is 26.4 Å². The van der Waals surface area contributed by atoms with Gasteiger partial charge in [0.15, 0.2) is 11.5 Å². The number of amides is 1. The van der Waals surface area contributed by atoms with Crippen molar-refractivity contribution in [2.24, 2.45) is 0 Å². The number of nitrogens with one attached hydrogen (secondary N) is 1. The molecule has 2 aromatic carbocycles. The van der Waals surface area contributed by atoms with Crippen molar-refractivity contribution in [2.45, 2.75) is 6.42 Å². The Morgan fingerprint density at radius 3 is 2.33 bits per heavy atom. The van der Waals surface area contributed by atoms with Crippen LogP contribution in [0, 0.1) is 0 Å². The van der Waals surface area contributed by atoms with Gasteiger partial charge in [-0.2, -0.15) is 0 Å². The van der Waals surface area contributed by atoms with Gasteiger partial charge < -0.3 is 19.7 Å². The Balaban J connectivity index is 1.44. The molecule has 144 valence electrons. The first kappa shape index (κ1) is 19.0. The predicted molar refractivity (Wildman–Crippen MR) is 108 cm³/mol. The van der Waals surface area contributed by atoms with Gasteiger partial charge in [-0.3, -0.25) is 9.69 Å². The van der Waals surface area contributed by atoms with Crippen LogP contribution in [0.2, 0.25) is 0 Å². The molecule has 1 N–H and O–H groups in total. The molecule has 1 fully saturated rings. The number of rotatable bonds is 7. The first-order valence-corrected chi connectivity index (χ1v) is 9.24. The third-order valence-corrected chi connectivity index (χ3v) is 4.82. The summed E-state index contributed by atoms with van der Waals surface area (Å²) in [5.74, 6) is 1.26. The highest BCUT2D eigenvalue weighted by Crippen LogP contribution is 2.29. The van der Waals surface area contributed by atoms with Crippen LogP contribution >= 0.6 is 0 Å². The normalized spacial score (nSPS) is 14.7. The predicted octanol–water partition coefficient (Wildman–Crippen LogP) is 2.85. The standard InChI is InChI=1S/C21H27N3O3/c1-26-19-9-8-17(16-20(19)27-2)22-21(25)10-11-23-12-14-24(15-13-23)18-6-4-3-5-7-18/h3-9,16H,10-15H2,1-2H3,(H,22,25). The van der Waals surface area contributed by atoms with Gasteiger partial charge in [0.05, 0.1) is 14.2 Å². The third kappa shape index (κ3) is 5.14. The highest BCUT2D eigenvalue weighted by molar-refractivity contribution is 5.91. The van der Waals surface area contributed by atoms with E-state index in [0.29, 0.717) is 23.6 Å². The van der Waals surface area contributed by atoms with Gasteiger partial charge in [0, 0.05) is 56.6 Å². The van der Waals surface area contributed by atoms with Crippen LogP contribution in [0.5, 0.6) is 11.5 Å². The van der Waals surface area contributed by atoms with Crippen molar-refractivity contribution in [1.29, 1.82) is 0 Å². The van der Waals surface area contributed by atoms with Gasteiger partial charge in [-0.15, -0.1) is 0 Å². The minimum absolute atomic E-state index is 0.00714. The number of benzene rings is 2. The highest BCUT2D eigenvalue weighted by Gasteiger charge is 2.17. The zero-order valence-electron chi connectivity index (χ0n) is 16.0. The largest absolute Gasteiger partial charge is 0.493 e. The van der Waals surface area contributed by atoms with Crippen molar-refractivity contribution >= 4 is 17.3 Å². The van der Waals surface area contributed by atoms with Gasteiger partial charge in [0.1, 0.15) is 0 Å². The molecule has 1 heterocycles. The Labute approximate surface area is 160 Å². The van der Waals surface area contributed by atoms with Crippen molar-refractivity contribution in [3.05, 3.63) is 48.5 Å². The molecule has 0 radical (unpaired) electrons. The number of para-hydroxylation sites is 1. The molecule has 1 amide bonds. The Hall–Kier alpha value is -2.73. The van der Waals surface area contributed by atoms with Crippen LogP contribution in [-0.4, -0.2) is 57.8 Å². The first-order chi connectivity index (χ1) is 13.2. The van der Waals surface area contributed by atoms with Crippen LogP contribution in [-0.2, 0) is 4.79 Å². The van der Waals surface area contributed by atoms with E-state index >= 15 is 0 Å². The van der Waals surface area contributed by atoms with Gasteiger partial charge in [0.2, 0.25) is 5.91 Å². The number of hydrogen-bond donors (Lipinski definition) is 1. The summed E-state index contributed by atoms with van der Waals surface area (Å²) in [7, 11) is 3.17. The topological polar surface area (TPSA) is 54.0 Å². The van der Waals surface area contributed by atoms with Gasteiger partial charge in [-0.1, -0.05) is 18.2 Å². The summed E-state index contributed by atoms with van der Waals surface area (Å²) in [5, 5.41) is 2.93. The molecule has 27 heavy (non-hydrogen) atoms. The molecule has 0 aromatic heterocycles. The lowest BCUT2D eigenvalue weighted by molar-refractivity contribution is -0.116. The minimum Gasteiger partial charge on any atom is -0.493 e. The zero-order valence-corrected chi connectivity index (χ0v) is 16.0. The van der Waals surface area contributed by atoms with E-state index < -0.39 is 0 Å². The van der Waals surface area contributed by atoms with Gasteiger partial charge in [-0.25, -0.2) is 0 Å². The van der Waals surface area contributed by atoms with E-state index in [4.69, 9.17) is 9.47 Å². The third-order valence-electron chi connectivity index (χ3n) is 4.82. The van der Waals surface area contributed by atoms with E-state index in [0.717, 1.165) is 32.7 Å².